The number of aromatic nitrogens is 3. The highest BCUT2D eigenvalue weighted by Crippen LogP contribution is 2.53. The van der Waals surface area contributed by atoms with E-state index in [1.54, 1.807) is 0 Å². The summed E-state index contributed by atoms with van der Waals surface area (Å²) in [4.78, 5) is 15.3. The molecule has 10 rings (SSSR count). The zero-order valence-electron chi connectivity index (χ0n) is 28.8. The summed E-state index contributed by atoms with van der Waals surface area (Å²) in [6, 6.07) is 57.2. The molecule has 2 heterocycles. The maximum absolute atomic E-state index is 6.49. The fourth-order valence-corrected chi connectivity index (χ4v) is 7.98. The van der Waals surface area contributed by atoms with Crippen molar-refractivity contribution in [2.75, 3.05) is 0 Å². The standard InChI is InChI=1S/C48H33N3O/c1-48(2)39-27-25-33(28-38(39)43-35(20-12-22-40(43)48)30-14-6-3-7-15-30)46-49-45(32-18-10-5-11-19-32)50-47(51-46)34-24-26-37-42(29-34)52-41-23-13-21-36(44(37)41)31-16-8-4-9-17-31/h3-29H,1-2H3. The summed E-state index contributed by atoms with van der Waals surface area (Å²) in [5, 5.41) is 2.16. The molecule has 0 atom stereocenters. The normalized spacial score (nSPS) is 13.0. The first-order chi connectivity index (χ1) is 25.5. The van der Waals surface area contributed by atoms with Crippen LogP contribution < -0.4 is 0 Å². The highest BCUT2D eigenvalue weighted by Gasteiger charge is 2.37. The molecule has 2 aromatic heterocycles. The molecule has 0 unspecified atom stereocenters. The Hall–Kier alpha value is -6.65. The van der Waals surface area contributed by atoms with Crippen molar-refractivity contribution < 1.29 is 4.42 Å². The zero-order valence-corrected chi connectivity index (χ0v) is 28.8. The van der Waals surface area contributed by atoms with Crippen LogP contribution in [0.25, 0.3) is 89.5 Å². The Kier molecular flexibility index (Phi) is 6.80. The Morgan fingerprint density at radius 1 is 0.404 bits per heavy atom. The molecule has 52 heavy (non-hydrogen) atoms. The van der Waals surface area contributed by atoms with Gasteiger partial charge in [-0.3, -0.25) is 0 Å². The number of furan rings is 1. The minimum atomic E-state index is -0.143. The van der Waals surface area contributed by atoms with Crippen LogP contribution in [0.3, 0.4) is 0 Å². The number of fused-ring (bicyclic) bond motifs is 6. The lowest BCUT2D eigenvalue weighted by atomic mass is 9.82. The van der Waals surface area contributed by atoms with Crippen LogP contribution in [0.15, 0.2) is 168 Å². The Balaban J connectivity index is 1.14. The molecular formula is C48H33N3O. The Bertz CT molecular complexity index is 2800. The lowest BCUT2D eigenvalue weighted by molar-refractivity contribution is 0.660. The Morgan fingerprint density at radius 3 is 1.65 bits per heavy atom. The molecule has 1 aliphatic rings. The second-order valence-corrected chi connectivity index (χ2v) is 14.0. The van der Waals surface area contributed by atoms with Gasteiger partial charge < -0.3 is 4.42 Å². The first-order valence-corrected chi connectivity index (χ1v) is 17.7. The van der Waals surface area contributed by atoms with Gasteiger partial charge in [-0.25, -0.2) is 15.0 Å². The molecule has 0 saturated heterocycles. The molecule has 0 amide bonds. The molecule has 0 aliphatic heterocycles. The second-order valence-electron chi connectivity index (χ2n) is 14.0. The van der Waals surface area contributed by atoms with Crippen molar-refractivity contribution in [2.24, 2.45) is 0 Å². The van der Waals surface area contributed by atoms with Gasteiger partial charge in [0.1, 0.15) is 11.2 Å². The van der Waals surface area contributed by atoms with Crippen LogP contribution in [0.5, 0.6) is 0 Å². The van der Waals surface area contributed by atoms with Crippen molar-refractivity contribution in [1.29, 1.82) is 0 Å². The van der Waals surface area contributed by atoms with Gasteiger partial charge in [-0.1, -0.05) is 153 Å². The van der Waals surface area contributed by atoms with Crippen molar-refractivity contribution in [3.8, 4) is 67.5 Å². The van der Waals surface area contributed by atoms with Crippen molar-refractivity contribution in [3.63, 3.8) is 0 Å². The van der Waals surface area contributed by atoms with Crippen molar-refractivity contribution >= 4 is 21.9 Å². The van der Waals surface area contributed by atoms with E-state index in [0.717, 1.165) is 49.8 Å². The average molecular weight is 668 g/mol. The van der Waals surface area contributed by atoms with Crippen LogP contribution in [0.4, 0.5) is 0 Å². The van der Waals surface area contributed by atoms with E-state index in [4.69, 9.17) is 19.4 Å². The summed E-state index contributed by atoms with van der Waals surface area (Å²) in [6.45, 7) is 4.63. The highest BCUT2D eigenvalue weighted by molar-refractivity contribution is 6.13. The molecule has 1 aliphatic carbocycles. The number of hydrogen-bond donors (Lipinski definition) is 0. The van der Waals surface area contributed by atoms with Crippen LogP contribution in [0.1, 0.15) is 25.0 Å². The molecule has 0 bridgehead atoms. The maximum Gasteiger partial charge on any atom is 0.164 e. The minimum Gasteiger partial charge on any atom is -0.456 e. The fraction of sp³-hybridized carbons (Fsp3) is 0.0625. The molecule has 0 saturated carbocycles. The van der Waals surface area contributed by atoms with E-state index in [2.05, 4.69) is 135 Å². The number of rotatable bonds is 5. The number of benzene rings is 7. The third-order valence-corrected chi connectivity index (χ3v) is 10.6. The summed E-state index contributed by atoms with van der Waals surface area (Å²) in [5.41, 5.74) is 14.1. The van der Waals surface area contributed by atoms with Crippen molar-refractivity contribution in [2.45, 2.75) is 19.3 Å². The van der Waals surface area contributed by atoms with E-state index in [1.807, 2.05) is 42.5 Å². The topological polar surface area (TPSA) is 51.8 Å². The van der Waals surface area contributed by atoms with Crippen LogP contribution in [0, 0.1) is 0 Å². The van der Waals surface area contributed by atoms with E-state index in [-0.39, 0.29) is 5.41 Å². The van der Waals surface area contributed by atoms with Gasteiger partial charge >= 0.3 is 0 Å². The van der Waals surface area contributed by atoms with E-state index in [0.29, 0.717) is 17.5 Å². The lowest BCUT2D eigenvalue weighted by Crippen LogP contribution is -2.14. The van der Waals surface area contributed by atoms with Crippen molar-refractivity contribution in [3.05, 3.63) is 175 Å². The molecule has 0 fully saturated rings. The first-order valence-electron chi connectivity index (χ1n) is 17.7. The molecular weight excluding hydrogens is 635 g/mol. The number of hydrogen-bond acceptors (Lipinski definition) is 4. The summed E-state index contributed by atoms with van der Waals surface area (Å²) < 4.78 is 6.49. The molecule has 9 aromatic rings. The predicted molar refractivity (Wildman–Crippen MR) is 212 cm³/mol. The van der Waals surface area contributed by atoms with Gasteiger partial charge in [0, 0.05) is 32.9 Å². The second kappa shape index (κ2) is 11.7. The van der Waals surface area contributed by atoms with Crippen LogP contribution >= 0.6 is 0 Å². The lowest BCUT2D eigenvalue weighted by Gasteiger charge is -2.21. The van der Waals surface area contributed by atoms with Gasteiger partial charge in [0.25, 0.3) is 0 Å². The molecule has 7 aromatic carbocycles. The zero-order chi connectivity index (χ0) is 34.8. The summed E-state index contributed by atoms with van der Waals surface area (Å²) >= 11 is 0. The monoisotopic (exact) mass is 667 g/mol. The Labute approximate surface area is 302 Å². The third kappa shape index (κ3) is 4.79. The Morgan fingerprint density at radius 2 is 0.962 bits per heavy atom. The van der Waals surface area contributed by atoms with Gasteiger partial charge in [-0.15, -0.1) is 0 Å². The van der Waals surface area contributed by atoms with E-state index >= 15 is 0 Å². The van der Waals surface area contributed by atoms with Gasteiger partial charge in [-0.05, 0) is 68.8 Å². The van der Waals surface area contributed by atoms with E-state index in [1.165, 1.54) is 33.4 Å². The fourth-order valence-electron chi connectivity index (χ4n) is 7.98. The van der Waals surface area contributed by atoms with Gasteiger partial charge in [0.15, 0.2) is 17.5 Å². The van der Waals surface area contributed by atoms with E-state index in [9.17, 15) is 0 Å². The van der Waals surface area contributed by atoms with Gasteiger partial charge in [0.2, 0.25) is 0 Å². The molecule has 246 valence electrons. The van der Waals surface area contributed by atoms with Gasteiger partial charge in [-0.2, -0.15) is 0 Å². The molecule has 4 heteroatoms. The predicted octanol–water partition coefficient (Wildman–Crippen LogP) is 12.4. The van der Waals surface area contributed by atoms with Crippen LogP contribution in [-0.2, 0) is 5.41 Å². The molecule has 4 nitrogen and oxygen atoms in total. The summed E-state index contributed by atoms with van der Waals surface area (Å²) in [6.07, 6.45) is 0. The smallest absolute Gasteiger partial charge is 0.164 e. The quantitative estimate of drug-likeness (QED) is 0.183. The number of nitrogens with zero attached hydrogens (tertiary/aromatic N) is 3. The maximum atomic E-state index is 6.49. The molecule has 0 N–H and O–H groups in total. The first kappa shape index (κ1) is 30.2. The van der Waals surface area contributed by atoms with E-state index < -0.39 is 0 Å². The van der Waals surface area contributed by atoms with Crippen LogP contribution in [0.2, 0.25) is 0 Å². The van der Waals surface area contributed by atoms with Crippen molar-refractivity contribution in [1.82, 2.24) is 15.0 Å². The minimum absolute atomic E-state index is 0.143. The molecule has 0 spiro atoms. The largest absolute Gasteiger partial charge is 0.456 e. The molecule has 0 radical (unpaired) electrons. The summed E-state index contributed by atoms with van der Waals surface area (Å²) in [7, 11) is 0. The van der Waals surface area contributed by atoms with Gasteiger partial charge in [0.05, 0.1) is 0 Å². The average Bonchev–Trinajstić information content (AvgIpc) is 3.70. The van der Waals surface area contributed by atoms with Crippen LogP contribution in [-0.4, -0.2) is 15.0 Å². The SMILES string of the molecule is CC1(C)c2ccc(-c3nc(-c4ccccc4)nc(-c4ccc5c(c4)oc4cccc(-c6ccccc6)c45)n3)cc2-c2c(-c3ccccc3)cccc21. The third-order valence-electron chi connectivity index (χ3n) is 10.6. The summed E-state index contributed by atoms with van der Waals surface area (Å²) in [5.74, 6) is 1.86. The highest BCUT2D eigenvalue weighted by atomic mass is 16.3.